The number of urea groups is 1. The van der Waals surface area contributed by atoms with Gasteiger partial charge in [0, 0.05) is 24.6 Å². The van der Waals surface area contributed by atoms with Crippen LogP contribution in [-0.2, 0) is 17.5 Å². The number of alkyl halides is 3. The van der Waals surface area contributed by atoms with Crippen molar-refractivity contribution in [1.29, 1.82) is 0 Å². The molecular formula is C15H19F3N4O3S. The summed E-state index contributed by atoms with van der Waals surface area (Å²) >= 11 is 1.20. The maximum atomic E-state index is 12.5. The molecule has 11 heteroatoms. The molecule has 0 aliphatic heterocycles. The first-order valence-corrected chi connectivity index (χ1v) is 8.57. The summed E-state index contributed by atoms with van der Waals surface area (Å²) in [7, 11) is 1.54. The van der Waals surface area contributed by atoms with Gasteiger partial charge in [0.2, 0.25) is 5.82 Å². The number of carbonyl (C=O) groups is 1. The highest BCUT2D eigenvalue weighted by molar-refractivity contribution is 7.15. The predicted molar refractivity (Wildman–Crippen MR) is 88.6 cm³/mol. The van der Waals surface area contributed by atoms with Crippen molar-refractivity contribution in [3.63, 3.8) is 0 Å². The van der Waals surface area contributed by atoms with Crippen molar-refractivity contribution in [1.82, 2.24) is 20.4 Å². The van der Waals surface area contributed by atoms with Crippen molar-refractivity contribution >= 4 is 17.4 Å². The fraction of sp³-hybridized carbons (Fsp3) is 0.533. The minimum Gasteiger partial charge on any atom is -0.383 e. The molecule has 2 rings (SSSR count). The van der Waals surface area contributed by atoms with Gasteiger partial charge in [0.1, 0.15) is 0 Å². The Balaban J connectivity index is 2.07. The standard InChI is InChI=1S/C15H19F3N4O3S/c1-9(2)22(14(23)19-6-7-24-3)8-10-4-5-11(26-10)12-20-13(25-21-12)15(16,17)18/h4-5,9H,6-8H2,1-3H3,(H,19,23). The topological polar surface area (TPSA) is 80.5 Å². The van der Waals surface area contributed by atoms with Crippen LogP contribution in [-0.4, -0.2) is 47.4 Å². The van der Waals surface area contributed by atoms with Crippen LogP contribution in [0.5, 0.6) is 0 Å². The van der Waals surface area contributed by atoms with E-state index in [0.717, 1.165) is 4.88 Å². The molecule has 0 saturated heterocycles. The third-order valence-corrected chi connectivity index (χ3v) is 4.41. The third-order valence-electron chi connectivity index (χ3n) is 3.34. The van der Waals surface area contributed by atoms with Gasteiger partial charge in [-0.25, -0.2) is 4.79 Å². The van der Waals surface area contributed by atoms with Crippen LogP contribution in [0.15, 0.2) is 16.7 Å². The van der Waals surface area contributed by atoms with Crippen LogP contribution in [0.3, 0.4) is 0 Å². The summed E-state index contributed by atoms with van der Waals surface area (Å²) in [4.78, 5) is 18.5. The summed E-state index contributed by atoms with van der Waals surface area (Å²) in [6.45, 7) is 4.85. The highest BCUT2D eigenvalue weighted by atomic mass is 32.1. The third kappa shape index (κ3) is 5.18. The molecule has 2 aromatic rings. The van der Waals surface area contributed by atoms with Gasteiger partial charge in [0.15, 0.2) is 0 Å². The molecule has 0 aliphatic rings. The minimum atomic E-state index is -4.68. The van der Waals surface area contributed by atoms with E-state index in [1.54, 1.807) is 24.1 Å². The van der Waals surface area contributed by atoms with Gasteiger partial charge >= 0.3 is 18.1 Å². The average Bonchev–Trinajstić information content (AvgIpc) is 3.21. The second kappa shape index (κ2) is 8.49. The number of hydrogen-bond donors (Lipinski definition) is 1. The summed E-state index contributed by atoms with van der Waals surface area (Å²) in [6.07, 6.45) is -4.68. The molecule has 26 heavy (non-hydrogen) atoms. The fourth-order valence-corrected chi connectivity index (χ4v) is 2.97. The maximum Gasteiger partial charge on any atom is 0.471 e. The van der Waals surface area contributed by atoms with E-state index < -0.39 is 12.1 Å². The first-order chi connectivity index (χ1) is 12.2. The molecule has 0 fully saturated rings. The number of rotatable bonds is 7. The summed E-state index contributed by atoms with van der Waals surface area (Å²) in [5.41, 5.74) is 0. The second-order valence-corrected chi connectivity index (χ2v) is 6.80. The van der Waals surface area contributed by atoms with E-state index >= 15 is 0 Å². The largest absolute Gasteiger partial charge is 0.471 e. The normalized spacial score (nSPS) is 11.8. The van der Waals surface area contributed by atoms with Crippen LogP contribution in [0.4, 0.5) is 18.0 Å². The lowest BCUT2D eigenvalue weighted by Gasteiger charge is -2.26. The van der Waals surface area contributed by atoms with Gasteiger partial charge in [-0.05, 0) is 26.0 Å². The molecule has 2 heterocycles. The second-order valence-electron chi connectivity index (χ2n) is 5.63. The Hall–Kier alpha value is -2.14. The molecule has 0 spiro atoms. The number of methoxy groups -OCH3 is 1. The molecule has 0 unspecified atom stereocenters. The van der Waals surface area contributed by atoms with E-state index in [2.05, 4.69) is 20.0 Å². The number of hydrogen-bond acceptors (Lipinski definition) is 6. The highest BCUT2D eigenvalue weighted by Crippen LogP contribution is 2.32. The molecule has 2 amide bonds. The molecule has 0 bridgehead atoms. The molecule has 0 radical (unpaired) electrons. The molecule has 0 saturated carbocycles. The quantitative estimate of drug-likeness (QED) is 0.731. The summed E-state index contributed by atoms with van der Waals surface area (Å²) in [5, 5.41) is 6.11. The van der Waals surface area contributed by atoms with E-state index in [0.29, 0.717) is 24.6 Å². The number of carbonyl (C=O) groups excluding carboxylic acids is 1. The SMILES string of the molecule is COCCNC(=O)N(Cc1ccc(-c2noc(C(F)(F)F)n2)s1)C(C)C. The van der Waals surface area contributed by atoms with Crippen LogP contribution in [0.1, 0.15) is 24.6 Å². The number of nitrogens with zero attached hydrogens (tertiary/aromatic N) is 3. The molecule has 7 nitrogen and oxygen atoms in total. The molecule has 0 aromatic carbocycles. The molecule has 144 valence electrons. The molecule has 0 aliphatic carbocycles. The van der Waals surface area contributed by atoms with E-state index in [1.807, 2.05) is 13.8 Å². The van der Waals surface area contributed by atoms with Crippen LogP contribution < -0.4 is 5.32 Å². The van der Waals surface area contributed by atoms with E-state index in [1.165, 1.54) is 11.3 Å². The van der Waals surface area contributed by atoms with Crippen molar-refractivity contribution in [3.05, 3.63) is 22.9 Å². The van der Waals surface area contributed by atoms with Crippen LogP contribution in [0.2, 0.25) is 0 Å². The number of thiophene rings is 1. The van der Waals surface area contributed by atoms with Gasteiger partial charge in [-0.2, -0.15) is 18.2 Å². The summed E-state index contributed by atoms with van der Waals surface area (Å²) in [5.74, 6) is -1.52. The Labute approximate surface area is 152 Å². The lowest BCUT2D eigenvalue weighted by atomic mass is 10.3. The van der Waals surface area contributed by atoms with Crippen LogP contribution >= 0.6 is 11.3 Å². The van der Waals surface area contributed by atoms with Crippen molar-refractivity contribution in [2.45, 2.75) is 32.6 Å². The minimum absolute atomic E-state index is 0.0647. The van der Waals surface area contributed by atoms with Crippen molar-refractivity contribution in [3.8, 4) is 10.7 Å². The maximum absolute atomic E-state index is 12.5. The summed E-state index contributed by atoms with van der Waals surface area (Å²) < 4.78 is 46.8. The van der Waals surface area contributed by atoms with Gasteiger partial charge in [-0.15, -0.1) is 11.3 Å². The van der Waals surface area contributed by atoms with E-state index in [9.17, 15) is 18.0 Å². The number of amides is 2. The van der Waals surface area contributed by atoms with E-state index in [-0.39, 0.29) is 17.9 Å². The Bertz CT molecular complexity index is 730. The monoisotopic (exact) mass is 392 g/mol. The molecule has 2 aromatic heterocycles. The van der Waals surface area contributed by atoms with Gasteiger partial charge in [-0.3, -0.25) is 0 Å². The van der Waals surface area contributed by atoms with Gasteiger partial charge in [-0.1, -0.05) is 5.16 Å². The first kappa shape index (κ1) is 20.2. The fourth-order valence-electron chi connectivity index (χ4n) is 2.04. The Morgan fingerprint density at radius 1 is 1.42 bits per heavy atom. The van der Waals surface area contributed by atoms with Crippen LogP contribution in [0, 0.1) is 0 Å². The van der Waals surface area contributed by atoms with Gasteiger partial charge < -0.3 is 19.5 Å². The lowest BCUT2D eigenvalue weighted by Crippen LogP contribution is -2.44. The zero-order chi connectivity index (χ0) is 19.3. The Kier molecular flexibility index (Phi) is 6.59. The van der Waals surface area contributed by atoms with Crippen molar-refractivity contribution in [2.75, 3.05) is 20.3 Å². The number of halogens is 3. The zero-order valence-corrected chi connectivity index (χ0v) is 15.3. The molecular weight excluding hydrogens is 373 g/mol. The number of nitrogens with one attached hydrogen (secondary N) is 1. The van der Waals surface area contributed by atoms with Crippen molar-refractivity contribution in [2.24, 2.45) is 0 Å². The Morgan fingerprint density at radius 3 is 2.73 bits per heavy atom. The highest BCUT2D eigenvalue weighted by Gasteiger charge is 2.38. The smallest absolute Gasteiger partial charge is 0.383 e. The Morgan fingerprint density at radius 2 is 2.15 bits per heavy atom. The zero-order valence-electron chi connectivity index (χ0n) is 14.5. The van der Waals surface area contributed by atoms with Crippen molar-refractivity contribution < 1.29 is 27.2 Å². The summed E-state index contributed by atoms with van der Waals surface area (Å²) in [6, 6.07) is 3.02. The predicted octanol–water partition coefficient (Wildman–Crippen LogP) is 3.38. The van der Waals surface area contributed by atoms with E-state index in [4.69, 9.17) is 4.74 Å². The average molecular weight is 392 g/mol. The first-order valence-electron chi connectivity index (χ1n) is 7.75. The lowest BCUT2D eigenvalue weighted by molar-refractivity contribution is -0.159. The molecule has 0 atom stereocenters. The number of ether oxygens (including phenoxy) is 1. The number of aromatic nitrogens is 2. The van der Waals surface area contributed by atoms with Crippen LogP contribution in [0.25, 0.3) is 10.7 Å². The molecule has 1 N–H and O–H groups in total. The van der Waals surface area contributed by atoms with Gasteiger partial charge in [0.05, 0.1) is 18.0 Å². The van der Waals surface area contributed by atoms with Gasteiger partial charge in [0.25, 0.3) is 0 Å².